The molecule has 1 aliphatic rings. The quantitative estimate of drug-likeness (QED) is 0.675. The molecule has 1 fully saturated rings. The monoisotopic (exact) mass is 196 g/mol. The topological polar surface area (TPSA) is 38.0 Å². The van der Waals surface area contributed by atoms with Crippen LogP contribution in [0.3, 0.4) is 0 Å². The average molecular weight is 197 g/mol. The molecule has 1 aromatic carbocycles. The zero-order chi connectivity index (χ0) is 9.26. The van der Waals surface area contributed by atoms with Gasteiger partial charge in [0, 0.05) is 17.3 Å². The number of anilines is 1. The Kier molecular flexibility index (Phi) is 2.42. The van der Waals surface area contributed by atoms with E-state index in [1.165, 1.54) is 5.56 Å². The molecular weight excluding hydrogens is 184 g/mol. The zero-order valence-electron chi connectivity index (χ0n) is 7.39. The van der Waals surface area contributed by atoms with Gasteiger partial charge < -0.3 is 11.1 Å². The van der Waals surface area contributed by atoms with Crippen LogP contribution in [-0.4, -0.2) is 13.1 Å². The fourth-order valence-electron chi connectivity index (χ4n) is 1.82. The molecule has 0 aliphatic carbocycles. The van der Waals surface area contributed by atoms with Crippen LogP contribution >= 0.6 is 11.6 Å². The average Bonchev–Trinajstić information content (AvgIpc) is 2.61. The summed E-state index contributed by atoms with van der Waals surface area (Å²) in [6, 6.07) is 5.70. The van der Waals surface area contributed by atoms with E-state index in [0.29, 0.717) is 5.92 Å². The molecule has 0 spiro atoms. The van der Waals surface area contributed by atoms with Gasteiger partial charge in [-0.15, -0.1) is 0 Å². The van der Waals surface area contributed by atoms with Crippen molar-refractivity contribution < 1.29 is 0 Å². The molecule has 0 amide bonds. The number of halogens is 1. The van der Waals surface area contributed by atoms with E-state index in [-0.39, 0.29) is 0 Å². The van der Waals surface area contributed by atoms with Gasteiger partial charge in [0.25, 0.3) is 0 Å². The standard InChI is InChI=1S/C10H13ClN2/c11-8-1-2-10(12)9(5-8)7-3-4-13-6-7/h1-2,5,7,13H,3-4,6,12H2/t7-/m0/s1. The number of benzene rings is 1. The normalized spacial score (nSPS) is 22.1. The highest BCUT2D eigenvalue weighted by atomic mass is 35.5. The first kappa shape index (κ1) is 8.85. The van der Waals surface area contributed by atoms with Crippen molar-refractivity contribution in [3.8, 4) is 0 Å². The van der Waals surface area contributed by atoms with Crippen molar-refractivity contribution in [2.45, 2.75) is 12.3 Å². The van der Waals surface area contributed by atoms with E-state index in [1.807, 2.05) is 18.2 Å². The van der Waals surface area contributed by atoms with Crippen molar-refractivity contribution in [2.75, 3.05) is 18.8 Å². The molecule has 0 unspecified atom stereocenters. The summed E-state index contributed by atoms with van der Waals surface area (Å²) in [4.78, 5) is 0. The maximum absolute atomic E-state index is 5.92. The Morgan fingerprint density at radius 3 is 3.00 bits per heavy atom. The van der Waals surface area contributed by atoms with Gasteiger partial charge in [-0.2, -0.15) is 0 Å². The van der Waals surface area contributed by atoms with Crippen LogP contribution in [-0.2, 0) is 0 Å². The van der Waals surface area contributed by atoms with Gasteiger partial charge in [-0.3, -0.25) is 0 Å². The van der Waals surface area contributed by atoms with Gasteiger partial charge in [-0.05, 0) is 42.6 Å². The molecule has 13 heavy (non-hydrogen) atoms. The lowest BCUT2D eigenvalue weighted by Gasteiger charge is -2.11. The van der Waals surface area contributed by atoms with Crippen LogP contribution in [0.5, 0.6) is 0 Å². The van der Waals surface area contributed by atoms with Crippen LogP contribution in [0.2, 0.25) is 5.02 Å². The maximum atomic E-state index is 5.92. The SMILES string of the molecule is Nc1ccc(Cl)cc1[C@H]1CCNC1. The maximum Gasteiger partial charge on any atom is 0.0410 e. The molecule has 2 rings (SSSR count). The molecule has 1 aliphatic heterocycles. The van der Waals surface area contributed by atoms with Crippen molar-refractivity contribution in [2.24, 2.45) is 0 Å². The van der Waals surface area contributed by atoms with Crippen molar-refractivity contribution in [1.82, 2.24) is 5.32 Å². The van der Waals surface area contributed by atoms with E-state index in [1.54, 1.807) is 0 Å². The summed E-state index contributed by atoms with van der Waals surface area (Å²) in [5, 5.41) is 4.09. The second-order valence-corrected chi connectivity index (χ2v) is 3.90. The fourth-order valence-corrected chi connectivity index (χ4v) is 2.00. The van der Waals surface area contributed by atoms with Gasteiger partial charge in [-0.25, -0.2) is 0 Å². The van der Waals surface area contributed by atoms with Crippen LogP contribution in [0.1, 0.15) is 17.9 Å². The van der Waals surface area contributed by atoms with Crippen LogP contribution < -0.4 is 11.1 Å². The summed E-state index contributed by atoms with van der Waals surface area (Å²) in [7, 11) is 0. The van der Waals surface area contributed by atoms with Gasteiger partial charge in [0.2, 0.25) is 0 Å². The zero-order valence-corrected chi connectivity index (χ0v) is 8.14. The van der Waals surface area contributed by atoms with Crippen LogP contribution in [0.4, 0.5) is 5.69 Å². The molecule has 1 atom stereocenters. The highest BCUT2D eigenvalue weighted by Gasteiger charge is 2.18. The van der Waals surface area contributed by atoms with Gasteiger partial charge in [-0.1, -0.05) is 11.6 Å². The highest BCUT2D eigenvalue weighted by Crippen LogP contribution is 2.29. The minimum atomic E-state index is 0.540. The van der Waals surface area contributed by atoms with E-state index in [4.69, 9.17) is 17.3 Å². The second kappa shape index (κ2) is 3.56. The summed E-state index contributed by atoms with van der Waals surface area (Å²) in [5.41, 5.74) is 7.93. The van der Waals surface area contributed by atoms with E-state index in [0.717, 1.165) is 30.2 Å². The smallest absolute Gasteiger partial charge is 0.0410 e. The molecule has 1 heterocycles. The molecule has 2 nitrogen and oxygen atoms in total. The summed E-state index contributed by atoms with van der Waals surface area (Å²) in [6.45, 7) is 2.10. The number of nitrogen functional groups attached to an aromatic ring is 1. The van der Waals surface area contributed by atoms with E-state index < -0.39 is 0 Å². The molecule has 1 saturated heterocycles. The van der Waals surface area contributed by atoms with Crippen molar-refractivity contribution in [3.05, 3.63) is 28.8 Å². The summed E-state index contributed by atoms with van der Waals surface area (Å²) >= 11 is 5.92. The Labute approximate surface area is 83.1 Å². The molecule has 0 bridgehead atoms. The summed E-state index contributed by atoms with van der Waals surface area (Å²) in [6.07, 6.45) is 1.16. The number of nitrogens with one attached hydrogen (secondary N) is 1. The molecule has 0 saturated carbocycles. The third-order valence-electron chi connectivity index (χ3n) is 2.55. The minimum Gasteiger partial charge on any atom is -0.398 e. The van der Waals surface area contributed by atoms with Crippen molar-refractivity contribution >= 4 is 17.3 Å². The fraction of sp³-hybridized carbons (Fsp3) is 0.400. The van der Waals surface area contributed by atoms with Crippen LogP contribution in [0, 0.1) is 0 Å². The lowest BCUT2D eigenvalue weighted by molar-refractivity contribution is 0.766. The van der Waals surface area contributed by atoms with Gasteiger partial charge >= 0.3 is 0 Å². The summed E-state index contributed by atoms with van der Waals surface area (Å²) < 4.78 is 0. The van der Waals surface area contributed by atoms with Crippen LogP contribution in [0.15, 0.2) is 18.2 Å². The largest absolute Gasteiger partial charge is 0.398 e. The molecule has 3 heteroatoms. The Balaban J connectivity index is 2.32. The van der Waals surface area contributed by atoms with Gasteiger partial charge in [0.1, 0.15) is 0 Å². The summed E-state index contributed by atoms with van der Waals surface area (Å²) in [5.74, 6) is 0.540. The van der Waals surface area contributed by atoms with E-state index >= 15 is 0 Å². The number of hydrogen-bond acceptors (Lipinski definition) is 2. The molecule has 70 valence electrons. The van der Waals surface area contributed by atoms with Gasteiger partial charge in [0.15, 0.2) is 0 Å². The third kappa shape index (κ3) is 1.79. The minimum absolute atomic E-state index is 0.540. The van der Waals surface area contributed by atoms with E-state index in [2.05, 4.69) is 5.32 Å². The second-order valence-electron chi connectivity index (χ2n) is 3.46. The molecular formula is C10H13ClN2. The lowest BCUT2D eigenvalue weighted by Crippen LogP contribution is -2.09. The highest BCUT2D eigenvalue weighted by molar-refractivity contribution is 6.30. The first-order valence-corrected chi connectivity index (χ1v) is 4.91. The van der Waals surface area contributed by atoms with Crippen molar-refractivity contribution in [3.63, 3.8) is 0 Å². The predicted octanol–water partition coefficient (Wildman–Crippen LogP) is 2.00. The molecule has 1 aromatic rings. The Hall–Kier alpha value is -0.730. The Morgan fingerprint density at radius 2 is 2.31 bits per heavy atom. The molecule has 3 N–H and O–H groups in total. The lowest BCUT2D eigenvalue weighted by atomic mass is 9.97. The van der Waals surface area contributed by atoms with Gasteiger partial charge in [0.05, 0.1) is 0 Å². The predicted molar refractivity (Wildman–Crippen MR) is 56.1 cm³/mol. The number of rotatable bonds is 1. The third-order valence-corrected chi connectivity index (χ3v) is 2.78. The number of hydrogen-bond donors (Lipinski definition) is 2. The van der Waals surface area contributed by atoms with E-state index in [9.17, 15) is 0 Å². The molecule has 0 radical (unpaired) electrons. The Bertz CT molecular complexity index is 306. The van der Waals surface area contributed by atoms with Crippen molar-refractivity contribution in [1.29, 1.82) is 0 Å². The number of nitrogens with two attached hydrogens (primary N) is 1. The first-order valence-electron chi connectivity index (χ1n) is 4.53. The Morgan fingerprint density at radius 1 is 1.46 bits per heavy atom. The molecule has 0 aromatic heterocycles. The van der Waals surface area contributed by atoms with Crippen LogP contribution in [0.25, 0.3) is 0 Å². The first-order chi connectivity index (χ1) is 6.27.